The number of hydrogen-bond donors (Lipinski definition) is 2. The molecular formula is C23H26FN7O3S. The van der Waals surface area contributed by atoms with Crippen LogP contribution in [0.15, 0.2) is 28.6 Å². The SMILES string of the molecule is C[C@H]1Oc2cc(nnc2N)-c2c(nn(C)c2C#N)CS(=O)(=NCC(C)(C)O)Cc2ccc(F)cc21. The standard InChI is InChI=1S/C23H26FN7O3S/c1-13-16-7-15(24)6-5-14(16)10-35(33,27-12-23(2,3)32)11-18-21(19(9-25)31(4)30-18)17-8-20(34-13)22(26)29-28-17/h5-8,13,32H,10-12H2,1-4H3,(H2,26,29)/t13-,35?/m1/s1. The van der Waals surface area contributed by atoms with Crippen molar-refractivity contribution in [3.05, 3.63) is 52.6 Å². The number of nitrogens with two attached hydrogens (primary N) is 1. The summed E-state index contributed by atoms with van der Waals surface area (Å²) in [6.45, 7) is 4.77. The molecule has 35 heavy (non-hydrogen) atoms. The molecule has 0 spiro atoms. The summed E-state index contributed by atoms with van der Waals surface area (Å²) in [7, 11) is -1.50. The summed E-state index contributed by atoms with van der Waals surface area (Å²) in [5, 5.41) is 32.6. The largest absolute Gasteiger partial charge is 0.482 e. The Morgan fingerprint density at radius 3 is 2.80 bits per heavy atom. The predicted molar refractivity (Wildman–Crippen MR) is 128 cm³/mol. The van der Waals surface area contributed by atoms with Gasteiger partial charge in [0.2, 0.25) is 0 Å². The minimum absolute atomic E-state index is 0.0311. The molecule has 0 fully saturated rings. The lowest BCUT2D eigenvalue weighted by Crippen LogP contribution is -2.24. The van der Waals surface area contributed by atoms with Gasteiger partial charge in [0.25, 0.3) is 0 Å². The minimum atomic E-state index is -3.10. The second-order valence-corrected chi connectivity index (χ2v) is 11.5. The van der Waals surface area contributed by atoms with E-state index in [2.05, 4.69) is 25.7 Å². The van der Waals surface area contributed by atoms with E-state index in [0.29, 0.717) is 22.4 Å². The van der Waals surface area contributed by atoms with E-state index in [1.54, 1.807) is 33.9 Å². The van der Waals surface area contributed by atoms with Crippen LogP contribution in [0.1, 0.15) is 49.4 Å². The van der Waals surface area contributed by atoms with E-state index in [1.807, 2.05) is 0 Å². The molecule has 12 heteroatoms. The highest BCUT2D eigenvalue weighted by Crippen LogP contribution is 2.35. The van der Waals surface area contributed by atoms with Crippen molar-refractivity contribution in [3.63, 3.8) is 0 Å². The van der Waals surface area contributed by atoms with Gasteiger partial charge >= 0.3 is 0 Å². The summed E-state index contributed by atoms with van der Waals surface area (Å²) >= 11 is 0. The van der Waals surface area contributed by atoms with Crippen LogP contribution in [0.5, 0.6) is 5.75 Å². The number of aromatic nitrogens is 4. The zero-order chi connectivity index (χ0) is 25.5. The van der Waals surface area contributed by atoms with Crippen LogP contribution < -0.4 is 10.5 Å². The van der Waals surface area contributed by atoms with Crippen molar-refractivity contribution >= 4 is 15.5 Å². The Morgan fingerprint density at radius 2 is 2.11 bits per heavy atom. The highest BCUT2D eigenvalue weighted by atomic mass is 32.2. The van der Waals surface area contributed by atoms with E-state index in [-0.39, 0.29) is 41.0 Å². The third-order valence-electron chi connectivity index (χ3n) is 5.55. The minimum Gasteiger partial charge on any atom is -0.482 e. The van der Waals surface area contributed by atoms with Gasteiger partial charge in [0.05, 0.1) is 44.6 Å². The number of halogens is 1. The lowest BCUT2D eigenvalue weighted by Gasteiger charge is -2.22. The second kappa shape index (κ2) is 8.90. The summed E-state index contributed by atoms with van der Waals surface area (Å²) < 4.78 is 40.4. The maximum Gasteiger partial charge on any atom is 0.188 e. The molecule has 3 heterocycles. The van der Waals surface area contributed by atoms with Gasteiger partial charge in [-0.3, -0.25) is 4.68 Å². The average molecular weight is 500 g/mol. The molecule has 10 nitrogen and oxygen atoms in total. The first kappa shape index (κ1) is 24.6. The van der Waals surface area contributed by atoms with Crippen molar-refractivity contribution < 1.29 is 18.4 Å². The molecule has 1 unspecified atom stereocenters. The van der Waals surface area contributed by atoms with Crippen molar-refractivity contribution in [2.45, 2.75) is 44.0 Å². The number of nitrogen functional groups attached to an aromatic ring is 1. The highest BCUT2D eigenvalue weighted by Gasteiger charge is 2.28. The number of nitriles is 1. The van der Waals surface area contributed by atoms with E-state index in [4.69, 9.17) is 10.5 Å². The van der Waals surface area contributed by atoms with Crippen LogP contribution >= 0.6 is 0 Å². The number of aryl methyl sites for hydroxylation is 1. The van der Waals surface area contributed by atoms with Crippen molar-refractivity contribution in [1.29, 1.82) is 5.26 Å². The van der Waals surface area contributed by atoms with Gasteiger partial charge < -0.3 is 15.6 Å². The van der Waals surface area contributed by atoms with E-state index in [1.165, 1.54) is 22.9 Å². The van der Waals surface area contributed by atoms with E-state index in [0.717, 1.165) is 0 Å². The molecule has 2 bridgehead atoms. The first-order valence-corrected chi connectivity index (χ1v) is 12.7. The van der Waals surface area contributed by atoms with Crippen molar-refractivity contribution in [2.24, 2.45) is 11.4 Å². The number of nitrogens with zero attached hydrogens (tertiary/aromatic N) is 6. The van der Waals surface area contributed by atoms with Gasteiger partial charge in [-0.25, -0.2) is 13.0 Å². The van der Waals surface area contributed by atoms with Gasteiger partial charge in [-0.1, -0.05) is 6.07 Å². The zero-order valence-corrected chi connectivity index (χ0v) is 20.6. The molecule has 0 saturated carbocycles. The molecule has 0 amide bonds. The second-order valence-electron chi connectivity index (χ2n) is 9.15. The van der Waals surface area contributed by atoms with Crippen LogP contribution in [0, 0.1) is 17.1 Å². The van der Waals surface area contributed by atoms with E-state index < -0.39 is 27.3 Å². The fourth-order valence-electron chi connectivity index (χ4n) is 3.88. The summed E-state index contributed by atoms with van der Waals surface area (Å²) in [5.74, 6) is -0.396. The zero-order valence-electron chi connectivity index (χ0n) is 19.8. The fraction of sp³-hybridized carbons (Fsp3) is 0.391. The molecule has 0 aliphatic carbocycles. The molecule has 2 aromatic heterocycles. The molecule has 3 aromatic rings. The quantitative estimate of drug-likeness (QED) is 0.546. The van der Waals surface area contributed by atoms with E-state index in [9.17, 15) is 19.0 Å². The number of rotatable bonds is 2. The monoisotopic (exact) mass is 499 g/mol. The molecule has 0 radical (unpaired) electrons. The normalized spacial score (nSPS) is 19.9. The van der Waals surface area contributed by atoms with Gasteiger partial charge in [0.1, 0.15) is 29.4 Å². The Kier molecular flexibility index (Phi) is 6.25. The maximum atomic E-state index is 14.3. The van der Waals surface area contributed by atoms with Crippen molar-refractivity contribution in [3.8, 4) is 23.1 Å². The van der Waals surface area contributed by atoms with Crippen LogP contribution in [0.4, 0.5) is 10.2 Å². The Hall–Kier alpha value is -3.56. The number of hydrogen-bond acceptors (Lipinski definition) is 9. The lowest BCUT2D eigenvalue weighted by atomic mass is 10.0. The molecule has 0 saturated heterocycles. The van der Waals surface area contributed by atoms with Crippen LogP contribution in [0.25, 0.3) is 11.3 Å². The number of anilines is 1. The molecule has 1 aliphatic rings. The highest BCUT2D eigenvalue weighted by molar-refractivity contribution is 7.92. The van der Waals surface area contributed by atoms with Crippen LogP contribution in [0.3, 0.4) is 0 Å². The first-order chi connectivity index (χ1) is 16.4. The fourth-order valence-corrected chi connectivity index (χ4v) is 6.10. The van der Waals surface area contributed by atoms with Gasteiger partial charge in [-0.15, -0.1) is 10.2 Å². The third-order valence-corrected chi connectivity index (χ3v) is 7.63. The molecule has 2 atom stereocenters. The summed E-state index contributed by atoms with van der Waals surface area (Å²) in [4.78, 5) is 0. The van der Waals surface area contributed by atoms with Gasteiger partial charge in [-0.05, 0) is 44.0 Å². The van der Waals surface area contributed by atoms with Crippen LogP contribution in [-0.2, 0) is 28.3 Å². The van der Waals surface area contributed by atoms with Gasteiger partial charge in [0.15, 0.2) is 11.6 Å². The third kappa shape index (κ3) is 5.11. The Balaban J connectivity index is 2.02. The number of benzene rings is 1. The molecule has 3 N–H and O–H groups in total. The predicted octanol–water partition coefficient (Wildman–Crippen LogP) is 2.86. The first-order valence-electron chi connectivity index (χ1n) is 10.8. The Labute approximate surface area is 202 Å². The molecule has 4 rings (SSSR count). The van der Waals surface area contributed by atoms with Crippen molar-refractivity contribution in [2.75, 3.05) is 12.3 Å². The number of aliphatic hydroxyl groups is 1. The van der Waals surface area contributed by atoms with E-state index >= 15 is 0 Å². The average Bonchev–Trinajstić information content (AvgIpc) is 3.08. The lowest BCUT2D eigenvalue weighted by molar-refractivity contribution is 0.0908. The Morgan fingerprint density at radius 1 is 1.37 bits per heavy atom. The molecule has 184 valence electrons. The summed E-state index contributed by atoms with van der Waals surface area (Å²) in [6.07, 6.45) is -0.679. The smallest absolute Gasteiger partial charge is 0.188 e. The molecule has 1 aromatic carbocycles. The number of fused-ring (bicyclic) bond motifs is 5. The van der Waals surface area contributed by atoms with Crippen LogP contribution in [0.2, 0.25) is 0 Å². The summed E-state index contributed by atoms with van der Waals surface area (Å²) in [5.41, 5.74) is 7.01. The van der Waals surface area contributed by atoms with Gasteiger partial charge in [0, 0.05) is 13.1 Å². The van der Waals surface area contributed by atoms with Crippen molar-refractivity contribution in [1.82, 2.24) is 20.0 Å². The van der Waals surface area contributed by atoms with Gasteiger partial charge in [-0.2, -0.15) is 10.4 Å². The maximum absolute atomic E-state index is 14.3. The molecular weight excluding hydrogens is 473 g/mol. The summed E-state index contributed by atoms with van der Waals surface area (Å²) in [6, 6.07) is 7.81. The topological polar surface area (TPSA) is 152 Å². The number of ether oxygens (including phenoxy) is 1. The van der Waals surface area contributed by atoms with Crippen LogP contribution in [-0.4, -0.2) is 41.4 Å². The molecule has 1 aliphatic heterocycles. The Bertz CT molecular complexity index is 1460.